The van der Waals surface area contributed by atoms with Gasteiger partial charge in [-0.15, -0.1) is 0 Å². The zero-order valence-electron chi connectivity index (χ0n) is 12.1. The molecule has 0 radical (unpaired) electrons. The number of aryl methyl sites for hydroxylation is 1. The molecule has 0 aromatic heterocycles. The maximum Gasteiger partial charge on any atom is 0.187 e. The number of hydrogen-bond acceptors (Lipinski definition) is 2. The first-order chi connectivity index (χ1) is 10.8. The van der Waals surface area contributed by atoms with Crippen molar-refractivity contribution in [3.63, 3.8) is 0 Å². The van der Waals surface area contributed by atoms with Crippen molar-refractivity contribution < 1.29 is 0 Å². The van der Waals surface area contributed by atoms with Crippen molar-refractivity contribution in [1.82, 2.24) is 5.01 Å². The number of fused-ring (bicyclic) bond motifs is 3. The van der Waals surface area contributed by atoms with Crippen molar-refractivity contribution >= 4 is 23.0 Å². The van der Waals surface area contributed by atoms with Crippen molar-refractivity contribution in [3.05, 3.63) is 71.3 Å². The number of benzene rings is 2. The molecule has 0 bridgehead atoms. The normalized spacial score (nSPS) is 22.7. The van der Waals surface area contributed by atoms with Gasteiger partial charge in [-0.05, 0) is 36.2 Å². The minimum Gasteiger partial charge on any atom is -0.375 e. The van der Waals surface area contributed by atoms with Crippen molar-refractivity contribution in [1.29, 1.82) is 0 Å². The van der Waals surface area contributed by atoms with Crippen LogP contribution in [0.2, 0.25) is 0 Å². The van der Waals surface area contributed by atoms with Crippen molar-refractivity contribution in [3.8, 4) is 0 Å². The molecular weight excluding hydrogens is 290 g/mol. The second kappa shape index (κ2) is 5.21. The Hall–Kier alpha value is -2.20. The molecule has 2 aliphatic rings. The summed E-state index contributed by atoms with van der Waals surface area (Å²) in [6.07, 6.45) is 2.16. The molecule has 3 nitrogen and oxygen atoms in total. The molecule has 1 aliphatic carbocycles. The number of hydrazone groups is 1. The molecule has 0 spiro atoms. The molecule has 110 valence electrons. The van der Waals surface area contributed by atoms with Crippen LogP contribution in [0.15, 0.2) is 59.7 Å². The summed E-state index contributed by atoms with van der Waals surface area (Å²) < 4.78 is 0. The van der Waals surface area contributed by atoms with E-state index in [1.54, 1.807) is 0 Å². The third-order valence-electron chi connectivity index (χ3n) is 4.60. The number of nitrogens with zero attached hydrogens (tertiary/aromatic N) is 2. The predicted octanol–water partition coefficient (Wildman–Crippen LogP) is 3.25. The van der Waals surface area contributed by atoms with Gasteiger partial charge < -0.3 is 5.73 Å². The number of nitrogens with two attached hydrogens (primary N) is 1. The monoisotopic (exact) mass is 307 g/mol. The zero-order valence-corrected chi connectivity index (χ0v) is 13.0. The fourth-order valence-corrected chi connectivity index (χ4v) is 3.78. The number of hydrogen-bond donors (Lipinski definition) is 1. The highest BCUT2D eigenvalue weighted by atomic mass is 32.1. The van der Waals surface area contributed by atoms with Gasteiger partial charge in [0.05, 0.1) is 11.8 Å². The van der Waals surface area contributed by atoms with Gasteiger partial charge >= 0.3 is 0 Å². The molecule has 22 heavy (non-hydrogen) atoms. The smallest absolute Gasteiger partial charge is 0.187 e. The van der Waals surface area contributed by atoms with Crippen LogP contribution in [0.1, 0.15) is 29.2 Å². The minimum atomic E-state index is 0.113. The molecule has 2 atom stereocenters. The van der Waals surface area contributed by atoms with E-state index >= 15 is 0 Å². The van der Waals surface area contributed by atoms with Crippen molar-refractivity contribution in [2.24, 2.45) is 16.8 Å². The Bertz CT molecular complexity index is 754. The lowest BCUT2D eigenvalue weighted by atomic mass is 9.77. The van der Waals surface area contributed by atoms with E-state index in [4.69, 9.17) is 23.1 Å². The Kier molecular flexibility index (Phi) is 3.19. The van der Waals surface area contributed by atoms with Gasteiger partial charge in [0, 0.05) is 11.5 Å². The summed E-state index contributed by atoms with van der Waals surface area (Å²) in [5, 5.41) is 6.96. The average Bonchev–Trinajstić information content (AvgIpc) is 2.96. The minimum absolute atomic E-state index is 0.113. The molecule has 1 aliphatic heterocycles. The largest absolute Gasteiger partial charge is 0.375 e. The molecule has 0 saturated heterocycles. The van der Waals surface area contributed by atoms with E-state index < -0.39 is 0 Å². The van der Waals surface area contributed by atoms with Crippen LogP contribution in [0, 0.1) is 5.92 Å². The third kappa shape index (κ3) is 2.03. The Morgan fingerprint density at radius 2 is 1.82 bits per heavy atom. The summed E-state index contributed by atoms with van der Waals surface area (Å²) in [4.78, 5) is 0. The van der Waals surface area contributed by atoms with Gasteiger partial charge in [0.25, 0.3) is 0 Å². The molecule has 0 saturated carbocycles. The van der Waals surface area contributed by atoms with Crippen molar-refractivity contribution in [2.75, 3.05) is 0 Å². The lowest BCUT2D eigenvalue weighted by Crippen LogP contribution is -2.35. The van der Waals surface area contributed by atoms with Gasteiger partial charge in [0.1, 0.15) is 0 Å². The number of rotatable bonds is 1. The average molecular weight is 307 g/mol. The molecule has 0 amide bonds. The highest BCUT2D eigenvalue weighted by Crippen LogP contribution is 2.42. The van der Waals surface area contributed by atoms with Crippen LogP contribution in [-0.4, -0.2) is 15.8 Å². The molecule has 4 rings (SSSR count). The Morgan fingerprint density at radius 3 is 2.59 bits per heavy atom. The topological polar surface area (TPSA) is 41.6 Å². The third-order valence-corrected chi connectivity index (χ3v) is 4.78. The van der Waals surface area contributed by atoms with E-state index in [-0.39, 0.29) is 6.04 Å². The fraction of sp³-hybridized carbons (Fsp3) is 0.222. The first kappa shape index (κ1) is 13.5. The summed E-state index contributed by atoms with van der Waals surface area (Å²) >= 11 is 5.25. The van der Waals surface area contributed by atoms with E-state index in [9.17, 15) is 0 Å². The van der Waals surface area contributed by atoms with Gasteiger partial charge in [-0.1, -0.05) is 54.6 Å². The molecule has 2 N–H and O–H groups in total. The van der Waals surface area contributed by atoms with Crippen LogP contribution in [0.25, 0.3) is 0 Å². The summed E-state index contributed by atoms with van der Waals surface area (Å²) in [5.74, 6) is 0.346. The SMILES string of the molecule is NC(=S)N1N=C2c3ccccc3CCC2C1c1ccccc1. The van der Waals surface area contributed by atoms with Gasteiger partial charge in [-0.25, -0.2) is 5.01 Å². The summed E-state index contributed by atoms with van der Waals surface area (Å²) in [7, 11) is 0. The Labute approximate surface area is 135 Å². The number of thiocarbonyl (C=S) groups is 1. The van der Waals surface area contributed by atoms with Gasteiger partial charge in [0.2, 0.25) is 0 Å². The molecule has 1 heterocycles. The maximum absolute atomic E-state index is 5.95. The Balaban J connectivity index is 1.82. The summed E-state index contributed by atoms with van der Waals surface area (Å²) in [5.41, 5.74) is 10.9. The summed E-state index contributed by atoms with van der Waals surface area (Å²) in [6.45, 7) is 0. The molecule has 2 aromatic carbocycles. The van der Waals surface area contributed by atoms with E-state index in [0.717, 1.165) is 18.6 Å². The second-order valence-corrected chi connectivity index (χ2v) is 6.24. The molecular formula is C18H17N3S. The quantitative estimate of drug-likeness (QED) is 0.822. The maximum atomic E-state index is 5.95. The van der Waals surface area contributed by atoms with Crippen LogP contribution >= 0.6 is 12.2 Å². The molecule has 2 unspecified atom stereocenters. The first-order valence-corrected chi connectivity index (χ1v) is 7.97. The van der Waals surface area contributed by atoms with Crippen LogP contribution in [0.5, 0.6) is 0 Å². The van der Waals surface area contributed by atoms with Gasteiger partial charge in [-0.2, -0.15) is 5.10 Å². The van der Waals surface area contributed by atoms with Crippen molar-refractivity contribution in [2.45, 2.75) is 18.9 Å². The molecule has 4 heteroatoms. The summed E-state index contributed by atoms with van der Waals surface area (Å²) in [6, 6.07) is 19.0. The standard InChI is InChI=1S/C18H17N3S/c19-18(22)21-17(13-7-2-1-3-8-13)15-11-10-12-6-4-5-9-14(12)16(15)20-21/h1-9,15,17H,10-11H2,(H2,19,22). The van der Waals surface area contributed by atoms with E-state index in [0.29, 0.717) is 11.0 Å². The van der Waals surface area contributed by atoms with Gasteiger partial charge in [-0.3, -0.25) is 0 Å². The Morgan fingerprint density at radius 1 is 1.09 bits per heavy atom. The van der Waals surface area contributed by atoms with E-state index in [1.807, 2.05) is 11.1 Å². The predicted molar refractivity (Wildman–Crippen MR) is 92.6 cm³/mol. The van der Waals surface area contributed by atoms with Crippen LogP contribution < -0.4 is 5.73 Å². The molecule has 2 aromatic rings. The fourth-order valence-electron chi connectivity index (χ4n) is 3.63. The highest BCUT2D eigenvalue weighted by molar-refractivity contribution is 7.80. The zero-order chi connectivity index (χ0) is 15.1. The highest BCUT2D eigenvalue weighted by Gasteiger charge is 2.42. The lowest BCUT2D eigenvalue weighted by Gasteiger charge is -2.29. The van der Waals surface area contributed by atoms with E-state index in [1.165, 1.54) is 16.7 Å². The van der Waals surface area contributed by atoms with Crippen LogP contribution in [0.4, 0.5) is 0 Å². The van der Waals surface area contributed by atoms with E-state index in [2.05, 4.69) is 48.5 Å². The lowest BCUT2D eigenvalue weighted by molar-refractivity contribution is 0.309. The molecule has 0 fully saturated rings. The first-order valence-electron chi connectivity index (χ1n) is 7.56. The van der Waals surface area contributed by atoms with Gasteiger partial charge in [0.15, 0.2) is 5.11 Å². The van der Waals surface area contributed by atoms with Crippen LogP contribution in [0.3, 0.4) is 0 Å². The second-order valence-electron chi connectivity index (χ2n) is 5.83. The van der Waals surface area contributed by atoms with Crippen LogP contribution in [-0.2, 0) is 6.42 Å².